The fourth-order valence-corrected chi connectivity index (χ4v) is 7.25. The van der Waals surface area contributed by atoms with Gasteiger partial charge in [0.15, 0.2) is 15.6 Å². The maximum atomic E-state index is 12.9. The minimum Gasteiger partial charge on any atom is -0.480 e. The van der Waals surface area contributed by atoms with Gasteiger partial charge in [-0.05, 0) is 53.4 Å². The molecule has 3 heterocycles. The largest absolute Gasteiger partial charge is 0.480 e. The van der Waals surface area contributed by atoms with E-state index in [4.69, 9.17) is 9.84 Å². The van der Waals surface area contributed by atoms with Crippen molar-refractivity contribution in [1.29, 1.82) is 0 Å². The van der Waals surface area contributed by atoms with Crippen molar-refractivity contribution < 1.29 is 27.5 Å². The summed E-state index contributed by atoms with van der Waals surface area (Å²) in [5.74, 6) is -2.21. The van der Waals surface area contributed by atoms with Crippen LogP contribution < -0.4 is 4.90 Å². The van der Waals surface area contributed by atoms with Crippen molar-refractivity contribution in [1.82, 2.24) is 0 Å². The third-order valence-electron chi connectivity index (χ3n) is 6.90. The highest BCUT2D eigenvalue weighted by atomic mass is 79.9. The molecule has 1 aromatic rings. The molecule has 1 N–H and O–H groups in total. The lowest BCUT2D eigenvalue weighted by molar-refractivity contribution is -0.835. The molecule has 160 valence electrons. The Morgan fingerprint density at radius 1 is 1.28 bits per heavy atom. The van der Waals surface area contributed by atoms with E-state index in [1.807, 2.05) is 6.07 Å². The molecule has 4 rings (SSSR count). The fraction of sp³-hybridized carbons (Fsp3) is 0.650. The van der Waals surface area contributed by atoms with Gasteiger partial charge in [-0.2, -0.15) is 0 Å². The van der Waals surface area contributed by atoms with Crippen LogP contribution in [0, 0.1) is 0 Å². The quantitative estimate of drug-likeness (QED) is 0.488. The summed E-state index contributed by atoms with van der Waals surface area (Å²) in [7, 11) is -3.91. The van der Waals surface area contributed by atoms with E-state index in [2.05, 4.69) is 27.8 Å². The van der Waals surface area contributed by atoms with Crippen LogP contribution in [-0.4, -0.2) is 81.2 Å². The number of ether oxygens (including phenoxy) is 1. The topological polar surface area (TPSA) is 83.9 Å². The number of quaternary nitrogens is 1. The van der Waals surface area contributed by atoms with E-state index in [0.29, 0.717) is 23.0 Å². The summed E-state index contributed by atoms with van der Waals surface area (Å²) in [4.78, 5) is 13.6. The number of aliphatic carboxylic acids is 1. The van der Waals surface area contributed by atoms with Gasteiger partial charge in [0.1, 0.15) is 25.2 Å². The van der Waals surface area contributed by atoms with Crippen molar-refractivity contribution in [3.05, 3.63) is 22.2 Å². The molecule has 0 aliphatic carbocycles. The highest BCUT2D eigenvalue weighted by Gasteiger charge is 2.63. The summed E-state index contributed by atoms with van der Waals surface area (Å²) in [6, 6.07) is 4.42. The number of benzene rings is 1. The Balaban J connectivity index is 1.71. The molecule has 0 amide bonds. The van der Waals surface area contributed by atoms with Crippen LogP contribution in [0.1, 0.15) is 25.3 Å². The second-order valence-electron chi connectivity index (χ2n) is 8.43. The first kappa shape index (κ1) is 21.1. The number of rotatable bonds is 6. The summed E-state index contributed by atoms with van der Waals surface area (Å²) in [5, 5.41) is 9.12. The highest BCUT2D eigenvalue weighted by Crippen LogP contribution is 2.44. The lowest BCUT2D eigenvalue weighted by atomic mass is 10.1. The molecule has 0 bridgehead atoms. The fourth-order valence-electron chi connectivity index (χ4n) is 5.18. The highest BCUT2D eigenvalue weighted by molar-refractivity contribution is 9.10. The van der Waals surface area contributed by atoms with Crippen LogP contribution in [0.5, 0.6) is 0 Å². The van der Waals surface area contributed by atoms with Gasteiger partial charge in [0, 0.05) is 24.0 Å². The molecular formula is C20H28BrN2O5S+. The van der Waals surface area contributed by atoms with Crippen LogP contribution in [0.15, 0.2) is 21.5 Å². The van der Waals surface area contributed by atoms with Gasteiger partial charge < -0.3 is 19.2 Å². The standard InChI is InChI=1S/C20H27BrN2O5S/c1-14-18(23(14)6-8-28-9-7-23)11-15-10-17(22-4-2-3-5-22)16(21)12-19(15)29(26,27)13-20(24)25/h10,12,14,18H,2-9,11,13H2,1H3/p+1/t14-,18?/m0/s1. The average Bonchev–Trinajstić information content (AvgIpc) is 3.05. The Bertz CT molecular complexity index is 908. The molecule has 1 spiro atoms. The molecule has 3 aliphatic heterocycles. The molecule has 3 aliphatic rings. The number of hydrogen-bond acceptors (Lipinski definition) is 5. The summed E-state index contributed by atoms with van der Waals surface area (Å²) in [6.07, 6.45) is 2.89. The number of morpholine rings is 1. The zero-order valence-electron chi connectivity index (χ0n) is 16.6. The Morgan fingerprint density at radius 3 is 2.55 bits per heavy atom. The molecule has 1 unspecified atom stereocenters. The molecule has 0 radical (unpaired) electrons. The van der Waals surface area contributed by atoms with E-state index < -0.39 is 21.6 Å². The van der Waals surface area contributed by atoms with Crippen LogP contribution in [0.25, 0.3) is 0 Å². The minimum absolute atomic E-state index is 0.153. The van der Waals surface area contributed by atoms with Crippen molar-refractivity contribution in [2.45, 2.75) is 43.2 Å². The van der Waals surface area contributed by atoms with E-state index in [1.165, 1.54) is 0 Å². The molecule has 7 nitrogen and oxygen atoms in total. The number of hydrogen-bond donors (Lipinski definition) is 1. The van der Waals surface area contributed by atoms with Crippen LogP contribution in [0.2, 0.25) is 0 Å². The van der Waals surface area contributed by atoms with Gasteiger partial charge in [0.05, 0.1) is 23.8 Å². The zero-order chi connectivity index (χ0) is 20.8. The normalized spacial score (nSPS) is 26.1. The molecule has 9 heteroatoms. The molecular weight excluding hydrogens is 460 g/mol. The van der Waals surface area contributed by atoms with Gasteiger partial charge in [-0.25, -0.2) is 8.42 Å². The smallest absolute Gasteiger partial charge is 0.319 e. The van der Waals surface area contributed by atoms with Crippen molar-refractivity contribution in [2.24, 2.45) is 0 Å². The Morgan fingerprint density at radius 2 is 1.93 bits per heavy atom. The van der Waals surface area contributed by atoms with Gasteiger partial charge in [0.25, 0.3) is 0 Å². The lowest BCUT2D eigenvalue weighted by Gasteiger charge is -2.27. The Labute approximate surface area is 180 Å². The number of carbonyl (C=O) groups is 1. The number of halogens is 1. The first-order chi connectivity index (χ1) is 13.7. The monoisotopic (exact) mass is 487 g/mol. The summed E-state index contributed by atoms with van der Waals surface area (Å²) in [6.45, 7) is 7.53. The maximum Gasteiger partial charge on any atom is 0.319 e. The second kappa shape index (κ2) is 7.83. The van der Waals surface area contributed by atoms with Crippen molar-refractivity contribution in [2.75, 3.05) is 50.0 Å². The summed E-state index contributed by atoms with van der Waals surface area (Å²) < 4.78 is 32.9. The van der Waals surface area contributed by atoms with Crippen molar-refractivity contribution >= 4 is 37.4 Å². The first-order valence-corrected chi connectivity index (χ1v) is 12.7. The second-order valence-corrected chi connectivity index (χ2v) is 11.2. The molecule has 3 saturated heterocycles. The maximum absolute atomic E-state index is 12.9. The first-order valence-electron chi connectivity index (χ1n) is 10.2. The predicted molar refractivity (Wildman–Crippen MR) is 113 cm³/mol. The Hall–Kier alpha value is -1.16. The average molecular weight is 488 g/mol. The number of nitrogens with zero attached hydrogens (tertiary/aromatic N) is 2. The molecule has 0 aromatic heterocycles. The Kier molecular flexibility index (Phi) is 5.69. The SMILES string of the molecule is C[C@H]1C(Cc2cc(N3CCCC3)c(Br)cc2S(=O)(=O)CC(=O)O)[N+]12CCOCC2. The summed E-state index contributed by atoms with van der Waals surface area (Å²) in [5.41, 5.74) is 1.75. The van der Waals surface area contributed by atoms with Gasteiger partial charge in [-0.3, -0.25) is 4.79 Å². The van der Waals surface area contributed by atoms with Crippen LogP contribution in [0.3, 0.4) is 0 Å². The lowest BCUT2D eigenvalue weighted by Crippen LogP contribution is -2.42. The van der Waals surface area contributed by atoms with Gasteiger partial charge in [0.2, 0.25) is 0 Å². The molecule has 3 fully saturated rings. The molecule has 2 atom stereocenters. The van der Waals surface area contributed by atoms with Gasteiger partial charge >= 0.3 is 5.97 Å². The van der Waals surface area contributed by atoms with Crippen LogP contribution in [-0.2, 0) is 25.8 Å². The number of carboxylic acid groups (broad SMARTS) is 1. The third-order valence-corrected chi connectivity index (χ3v) is 9.21. The molecule has 29 heavy (non-hydrogen) atoms. The third kappa shape index (κ3) is 3.94. The number of carboxylic acids is 1. The number of anilines is 1. The van der Waals surface area contributed by atoms with Crippen molar-refractivity contribution in [3.8, 4) is 0 Å². The van der Waals surface area contributed by atoms with E-state index in [9.17, 15) is 13.2 Å². The van der Waals surface area contributed by atoms with Gasteiger partial charge in [-0.1, -0.05) is 0 Å². The van der Waals surface area contributed by atoms with E-state index in [1.54, 1.807) is 6.07 Å². The van der Waals surface area contributed by atoms with Crippen LogP contribution in [0.4, 0.5) is 5.69 Å². The summed E-state index contributed by atoms with van der Waals surface area (Å²) >= 11 is 3.54. The minimum atomic E-state index is -3.91. The van der Waals surface area contributed by atoms with Gasteiger partial charge in [-0.15, -0.1) is 0 Å². The van der Waals surface area contributed by atoms with Crippen LogP contribution >= 0.6 is 15.9 Å². The van der Waals surface area contributed by atoms with E-state index in [0.717, 1.165) is 68.0 Å². The zero-order valence-corrected chi connectivity index (χ0v) is 19.0. The number of sulfone groups is 1. The molecule has 1 aromatic carbocycles. The molecule has 0 saturated carbocycles. The van der Waals surface area contributed by atoms with E-state index in [-0.39, 0.29) is 4.90 Å². The van der Waals surface area contributed by atoms with E-state index >= 15 is 0 Å². The van der Waals surface area contributed by atoms with Crippen molar-refractivity contribution in [3.63, 3.8) is 0 Å². The predicted octanol–water partition coefficient (Wildman–Crippen LogP) is 2.07.